The van der Waals surface area contributed by atoms with Crippen LogP contribution in [-0.2, 0) is 17.1 Å². The summed E-state index contributed by atoms with van der Waals surface area (Å²) in [7, 11) is 0. The van der Waals surface area contributed by atoms with E-state index in [0.29, 0.717) is 22.3 Å². The van der Waals surface area contributed by atoms with Crippen molar-refractivity contribution in [2.75, 3.05) is 0 Å². The van der Waals surface area contributed by atoms with Crippen LogP contribution in [0.2, 0.25) is 0 Å². The standard InChI is InChI=1S/C32H41F6N2.Cu.HNO2/c1-17(2)22-14-25(20(7)8)30(26(15-22)21(9)10)40-28(32(36,37)38)16-27(31(33,34)35)39-29-23(18(3)4)12-11-13-24(29)19(5)6;;2-1-3/h11-21H,1-10H3;;(H,2,3)/q-1;+1;/b28-16-,39-27?;;. The van der Waals surface area contributed by atoms with E-state index >= 15 is 0 Å². The zero-order chi connectivity index (χ0) is 33.4. The number of alkyl halides is 6. The maximum atomic E-state index is 14.4. The van der Waals surface area contributed by atoms with Gasteiger partial charge in [-0.25, -0.2) is 4.99 Å². The molecule has 1 N–H and O–H groups in total. The smallest absolute Gasteiger partial charge is 0.654 e. The Bertz CT molecular complexity index is 1240. The van der Waals surface area contributed by atoms with Crippen LogP contribution in [0.25, 0.3) is 5.32 Å². The Morgan fingerprint density at radius 1 is 0.727 bits per heavy atom. The summed E-state index contributed by atoms with van der Waals surface area (Å²) in [6.07, 6.45) is -10.2. The van der Waals surface area contributed by atoms with E-state index in [4.69, 9.17) is 10.1 Å². The Labute approximate surface area is 267 Å². The van der Waals surface area contributed by atoms with Gasteiger partial charge in [0.2, 0.25) is 0 Å². The molecule has 250 valence electrons. The van der Waals surface area contributed by atoms with Crippen LogP contribution < -0.4 is 0 Å². The first-order valence-corrected chi connectivity index (χ1v) is 14.1. The Balaban J connectivity index is 0.00000443. The molecular weight excluding hydrogens is 636 g/mol. The van der Waals surface area contributed by atoms with E-state index in [2.05, 4.69) is 10.3 Å². The predicted octanol–water partition coefficient (Wildman–Crippen LogP) is 12.2. The summed E-state index contributed by atoms with van der Waals surface area (Å²) in [5, 5.41) is 11.8. The minimum Gasteiger partial charge on any atom is -0.654 e. The Morgan fingerprint density at radius 2 is 1.11 bits per heavy atom. The van der Waals surface area contributed by atoms with Gasteiger partial charge in [0.05, 0.1) is 5.69 Å². The van der Waals surface area contributed by atoms with E-state index < -0.39 is 23.8 Å². The summed E-state index contributed by atoms with van der Waals surface area (Å²) in [5.74, 6) is -0.672. The maximum absolute atomic E-state index is 14.4. The maximum Gasteiger partial charge on any atom is 1.00 e. The van der Waals surface area contributed by atoms with Crippen molar-refractivity contribution in [3.8, 4) is 0 Å². The minimum absolute atomic E-state index is 0. The molecule has 0 saturated heterocycles. The quantitative estimate of drug-likeness (QED) is 0.0942. The Morgan fingerprint density at radius 3 is 1.41 bits per heavy atom. The van der Waals surface area contributed by atoms with Crippen LogP contribution in [0.1, 0.15) is 127 Å². The zero-order valence-electron chi connectivity index (χ0n) is 26.6. The van der Waals surface area contributed by atoms with Crippen LogP contribution in [0.5, 0.6) is 0 Å². The van der Waals surface area contributed by atoms with Gasteiger partial charge in [-0.15, -0.1) is 10.6 Å². The molecule has 2 aromatic rings. The molecule has 0 atom stereocenters. The number of allylic oxidation sites excluding steroid dienone is 2. The molecule has 0 aliphatic carbocycles. The average molecular weight is 678 g/mol. The fourth-order valence-corrected chi connectivity index (χ4v) is 4.41. The average Bonchev–Trinajstić information content (AvgIpc) is 2.86. The van der Waals surface area contributed by atoms with Crippen LogP contribution in [-0.4, -0.2) is 23.3 Å². The molecule has 44 heavy (non-hydrogen) atoms. The number of aliphatic imine (C=N–C) groups is 1. The Kier molecular flexibility index (Phi) is 15.9. The monoisotopic (exact) mass is 677 g/mol. The SMILES string of the molecule is CC(C)c1cc(C(C)C)c([N-]/C(=C\C(=Nc2c(C(C)C)cccc2C(C)C)C(F)(F)F)C(F)(F)F)c(C(C)C)c1.O=NO.[Cu+]. The predicted molar refractivity (Wildman–Crippen MR) is 161 cm³/mol. The molecule has 0 aliphatic rings. The van der Waals surface area contributed by atoms with Gasteiger partial charge in [0, 0.05) is 0 Å². The van der Waals surface area contributed by atoms with Gasteiger partial charge < -0.3 is 10.5 Å². The summed E-state index contributed by atoms with van der Waals surface area (Å²) in [4.78, 5) is 12.0. The second-order valence-corrected chi connectivity index (χ2v) is 11.8. The summed E-state index contributed by atoms with van der Waals surface area (Å²) in [6.45, 7) is 18.5. The van der Waals surface area contributed by atoms with Gasteiger partial charge in [0.25, 0.3) is 0 Å². The van der Waals surface area contributed by atoms with E-state index in [1.165, 1.54) is 5.34 Å². The van der Waals surface area contributed by atoms with E-state index in [0.717, 1.165) is 5.56 Å². The van der Waals surface area contributed by atoms with E-state index in [1.54, 1.807) is 58.0 Å². The fourth-order valence-electron chi connectivity index (χ4n) is 4.41. The van der Waals surface area contributed by atoms with Gasteiger partial charge in [-0.3, -0.25) is 0 Å². The van der Waals surface area contributed by atoms with Crippen molar-refractivity contribution in [2.24, 2.45) is 10.3 Å². The number of nitrogens with zero attached hydrogens (tertiary/aromatic N) is 3. The van der Waals surface area contributed by atoms with Crippen molar-refractivity contribution in [1.82, 2.24) is 0 Å². The first kappa shape index (κ1) is 41.1. The van der Waals surface area contributed by atoms with Gasteiger partial charge in [-0.2, -0.15) is 26.3 Å². The zero-order valence-corrected chi connectivity index (χ0v) is 27.6. The normalized spacial score (nSPS) is 12.9. The van der Waals surface area contributed by atoms with Crippen LogP contribution in [0.4, 0.5) is 37.7 Å². The van der Waals surface area contributed by atoms with Crippen LogP contribution in [0.3, 0.4) is 0 Å². The second kappa shape index (κ2) is 17.0. The van der Waals surface area contributed by atoms with Gasteiger partial charge >= 0.3 is 29.4 Å². The van der Waals surface area contributed by atoms with Crippen molar-refractivity contribution >= 4 is 17.1 Å². The molecule has 0 fully saturated rings. The van der Waals surface area contributed by atoms with Gasteiger partial charge in [-0.1, -0.05) is 116 Å². The number of halogens is 6. The van der Waals surface area contributed by atoms with Crippen molar-refractivity contribution in [2.45, 2.75) is 111 Å². The van der Waals surface area contributed by atoms with Crippen molar-refractivity contribution in [3.63, 3.8) is 0 Å². The molecule has 0 radical (unpaired) electrons. The largest absolute Gasteiger partial charge is 1.00 e. The third-order valence-corrected chi connectivity index (χ3v) is 6.76. The second-order valence-electron chi connectivity index (χ2n) is 11.8. The molecule has 0 aromatic heterocycles. The number of benzene rings is 2. The van der Waals surface area contributed by atoms with Gasteiger partial charge in [0.1, 0.15) is 5.71 Å². The molecule has 0 amide bonds. The fraction of sp³-hybridized carbons (Fsp3) is 0.531. The molecule has 2 aromatic carbocycles. The number of hydrogen-bond donors (Lipinski definition) is 1. The topological polar surface area (TPSA) is 76.1 Å². The first-order chi connectivity index (χ1) is 19.7. The third-order valence-electron chi connectivity index (χ3n) is 6.76. The molecule has 2 rings (SSSR count). The van der Waals surface area contributed by atoms with E-state index in [9.17, 15) is 26.3 Å². The van der Waals surface area contributed by atoms with Crippen LogP contribution >= 0.6 is 0 Å². The molecule has 12 heteroatoms. The van der Waals surface area contributed by atoms with Crippen LogP contribution in [0, 0.1) is 4.91 Å². The first-order valence-electron chi connectivity index (χ1n) is 14.1. The van der Waals surface area contributed by atoms with Crippen molar-refractivity contribution < 1.29 is 48.6 Å². The third kappa shape index (κ3) is 11.3. The van der Waals surface area contributed by atoms with E-state index in [-0.39, 0.29) is 64.1 Å². The summed E-state index contributed by atoms with van der Waals surface area (Å²) in [6, 6.07) is 8.65. The van der Waals surface area contributed by atoms with Gasteiger partial charge in [-0.05, 0) is 52.4 Å². The molecule has 0 saturated carbocycles. The van der Waals surface area contributed by atoms with Crippen molar-refractivity contribution in [1.29, 1.82) is 0 Å². The molecular formula is C32H42CuF6N3O2. The van der Waals surface area contributed by atoms with Gasteiger partial charge in [0.15, 0.2) is 5.34 Å². The number of para-hydroxylation sites is 1. The summed E-state index contributed by atoms with van der Waals surface area (Å²) < 4.78 is 86.2. The number of hydrogen-bond acceptors (Lipinski definition) is 3. The molecule has 0 aliphatic heterocycles. The Hall–Kier alpha value is -2.85. The van der Waals surface area contributed by atoms with Crippen molar-refractivity contribution in [3.05, 3.63) is 80.1 Å². The molecule has 5 nitrogen and oxygen atoms in total. The summed E-state index contributed by atoms with van der Waals surface area (Å²) in [5.41, 5.74) is -0.0684. The number of rotatable bonds is 9. The van der Waals surface area contributed by atoms with E-state index in [1.807, 2.05) is 41.5 Å². The summed E-state index contributed by atoms with van der Waals surface area (Å²) >= 11 is 0. The van der Waals surface area contributed by atoms with Crippen LogP contribution in [0.15, 0.2) is 52.4 Å². The minimum atomic E-state index is -5.15. The molecule has 0 unspecified atom stereocenters. The molecule has 0 spiro atoms. The molecule has 0 bridgehead atoms. The molecule has 0 heterocycles.